The van der Waals surface area contributed by atoms with Crippen LogP contribution < -0.4 is 10.6 Å². The van der Waals surface area contributed by atoms with Gasteiger partial charge >= 0.3 is 0 Å². The van der Waals surface area contributed by atoms with Crippen LogP contribution >= 0.6 is 11.6 Å². The van der Waals surface area contributed by atoms with Gasteiger partial charge in [0.25, 0.3) is 0 Å². The third-order valence-electron chi connectivity index (χ3n) is 2.16. The zero-order valence-electron chi connectivity index (χ0n) is 9.70. The molecular weight excluding hydrogens is 238 g/mol. The lowest BCUT2D eigenvalue weighted by molar-refractivity contribution is 0.192. The molecule has 1 unspecified atom stereocenters. The molecule has 92 valence electrons. The number of aliphatic hydroxyl groups is 1. The molecule has 3 N–H and O–H groups in total. The van der Waals surface area contributed by atoms with Crippen molar-refractivity contribution < 1.29 is 5.11 Å². The van der Waals surface area contributed by atoms with Gasteiger partial charge in [-0.25, -0.2) is 0 Å². The van der Waals surface area contributed by atoms with Crippen molar-refractivity contribution in [2.24, 2.45) is 0 Å². The topological polar surface area (TPSA) is 68.1 Å². The lowest BCUT2D eigenvalue weighted by atomic mass is 10.2. The number of hydrogen-bond acceptors (Lipinski definition) is 4. The molecule has 1 aromatic rings. The van der Waals surface area contributed by atoms with E-state index in [1.807, 2.05) is 0 Å². The smallest absolute Gasteiger partial charge is 0.101 e. The lowest BCUT2D eigenvalue weighted by Crippen LogP contribution is -2.29. The predicted molar refractivity (Wildman–Crippen MR) is 69.2 cm³/mol. The van der Waals surface area contributed by atoms with Crippen LogP contribution in [0.15, 0.2) is 18.2 Å². The number of benzene rings is 1. The molecule has 0 saturated heterocycles. The SMILES string of the molecule is CC(O)CNCCNc1ccc(Cl)cc1C#N. The Morgan fingerprint density at radius 3 is 2.88 bits per heavy atom. The van der Waals surface area contributed by atoms with Crippen molar-refractivity contribution in [2.75, 3.05) is 25.0 Å². The average Bonchev–Trinajstić information content (AvgIpc) is 2.29. The van der Waals surface area contributed by atoms with Gasteiger partial charge in [0.15, 0.2) is 0 Å². The van der Waals surface area contributed by atoms with Gasteiger partial charge in [-0.1, -0.05) is 11.6 Å². The third kappa shape index (κ3) is 5.05. The molecule has 0 saturated carbocycles. The van der Waals surface area contributed by atoms with E-state index in [2.05, 4.69) is 16.7 Å². The average molecular weight is 254 g/mol. The second-order valence-corrected chi connectivity index (χ2v) is 4.22. The zero-order chi connectivity index (χ0) is 12.7. The summed E-state index contributed by atoms with van der Waals surface area (Å²) in [5, 5.41) is 24.7. The van der Waals surface area contributed by atoms with Crippen molar-refractivity contribution >= 4 is 17.3 Å². The van der Waals surface area contributed by atoms with Crippen molar-refractivity contribution in [3.63, 3.8) is 0 Å². The molecule has 0 aliphatic heterocycles. The number of rotatable bonds is 6. The maximum Gasteiger partial charge on any atom is 0.101 e. The molecule has 0 heterocycles. The quantitative estimate of drug-likeness (QED) is 0.674. The Kier molecular flexibility index (Phi) is 5.78. The van der Waals surface area contributed by atoms with Crippen molar-refractivity contribution in [3.05, 3.63) is 28.8 Å². The van der Waals surface area contributed by atoms with E-state index in [-0.39, 0.29) is 6.10 Å². The Morgan fingerprint density at radius 1 is 1.47 bits per heavy atom. The molecule has 0 amide bonds. The predicted octanol–water partition coefficient (Wildman–Crippen LogP) is 1.59. The Morgan fingerprint density at radius 2 is 2.24 bits per heavy atom. The summed E-state index contributed by atoms with van der Waals surface area (Å²) in [5.41, 5.74) is 1.31. The van der Waals surface area contributed by atoms with Crippen LogP contribution in [0.3, 0.4) is 0 Å². The largest absolute Gasteiger partial charge is 0.392 e. The second-order valence-electron chi connectivity index (χ2n) is 3.78. The summed E-state index contributed by atoms with van der Waals surface area (Å²) >= 11 is 5.80. The zero-order valence-corrected chi connectivity index (χ0v) is 10.5. The van der Waals surface area contributed by atoms with Gasteiger partial charge in [0, 0.05) is 24.7 Å². The van der Waals surface area contributed by atoms with Gasteiger partial charge in [0.05, 0.1) is 17.4 Å². The van der Waals surface area contributed by atoms with Crippen molar-refractivity contribution in [1.29, 1.82) is 5.26 Å². The monoisotopic (exact) mass is 253 g/mol. The highest BCUT2D eigenvalue weighted by molar-refractivity contribution is 6.30. The van der Waals surface area contributed by atoms with Crippen molar-refractivity contribution in [1.82, 2.24) is 5.32 Å². The third-order valence-corrected chi connectivity index (χ3v) is 2.39. The standard InChI is InChI=1S/C12H16ClN3O/c1-9(17)8-15-4-5-16-12-3-2-11(13)6-10(12)7-14/h2-3,6,9,15-17H,4-5,8H2,1H3. The Labute approximate surface area is 106 Å². The molecule has 1 rings (SSSR count). The molecule has 0 aliphatic rings. The summed E-state index contributed by atoms with van der Waals surface area (Å²) in [6, 6.07) is 7.25. The maximum atomic E-state index is 9.04. The van der Waals surface area contributed by atoms with Crippen LogP contribution in [-0.2, 0) is 0 Å². The van der Waals surface area contributed by atoms with Crippen LogP contribution in [0.2, 0.25) is 5.02 Å². The Bertz CT molecular complexity index is 401. The molecule has 4 nitrogen and oxygen atoms in total. The summed E-state index contributed by atoms with van der Waals surface area (Å²) in [5.74, 6) is 0. The van der Waals surface area contributed by atoms with Gasteiger partial charge in [-0.15, -0.1) is 0 Å². The highest BCUT2D eigenvalue weighted by Crippen LogP contribution is 2.19. The summed E-state index contributed by atoms with van der Waals surface area (Å²) < 4.78 is 0. The van der Waals surface area contributed by atoms with E-state index in [4.69, 9.17) is 22.0 Å². The number of halogens is 1. The van der Waals surface area contributed by atoms with Crippen LogP contribution in [0.25, 0.3) is 0 Å². The number of anilines is 1. The van der Waals surface area contributed by atoms with Crippen molar-refractivity contribution in [2.45, 2.75) is 13.0 Å². The Balaban J connectivity index is 2.39. The van der Waals surface area contributed by atoms with Gasteiger partial charge in [-0.05, 0) is 25.1 Å². The normalized spacial score (nSPS) is 11.9. The number of nitrogens with zero attached hydrogens (tertiary/aromatic N) is 1. The van der Waals surface area contributed by atoms with Gasteiger partial charge < -0.3 is 15.7 Å². The molecular formula is C12H16ClN3O. The van der Waals surface area contributed by atoms with Crippen LogP contribution in [-0.4, -0.2) is 30.8 Å². The van der Waals surface area contributed by atoms with E-state index in [0.29, 0.717) is 23.7 Å². The second kappa shape index (κ2) is 7.13. The van der Waals surface area contributed by atoms with E-state index in [9.17, 15) is 0 Å². The highest BCUT2D eigenvalue weighted by Gasteiger charge is 2.01. The fourth-order valence-corrected chi connectivity index (χ4v) is 1.53. The van der Waals surface area contributed by atoms with Gasteiger partial charge in [0.1, 0.15) is 6.07 Å². The fraction of sp³-hybridized carbons (Fsp3) is 0.417. The van der Waals surface area contributed by atoms with Crippen LogP contribution in [0.1, 0.15) is 12.5 Å². The number of nitrogens with one attached hydrogen (secondary N) is 2. The van der Waals surface area contributed by atoms with Crippen LogP contribution in [0.4, 0.5) is 5.69 Å². The Hall–Kier alpha value is -1.28. The first-order valence-corrected chi connectivity index (χ1v) is 5.83. The minimum Gasteiger partial charge on any atom is -0.392 e. The van der Waals surface area contributed by atoms with Gasteiger partial charge in [-0.3, -0.25) is 0 Å². The molecule has 5 heteroatoms. The minimum atomic E-state index is -0.347. The van der Waals surface area contributed by atoms with E-state index in [1.165, 1.54) is 0 Å². The molecule has 1 aromatic carbocycles. The molecule has 1 atom stereocenters. The minimum absolute atomic E-state index is 0.347. The first-order chi connectivity index (χ1) is 8.13. The number of aliphatic hydroxyl groups excluding tert-OH is 1. The fourth-order valence-electron chi connectivity index (χ4n) is 1.36. The summed E-state index contributed by atoms with van der Waals surface area (Å²) in [4.78, 5) is 0. The summed E-state index contributed by atoms with van der Waals surface area (Å²) in [6.07, 6.45) is -0.347. The molecule has 0 aromatic heterocycles. The molecule has 0 fully saturated rings. The van der Waals surface area contributed by atoms with Crippen LogP contribution in [0.5, 0.6) is 0 Å². The summed E-state index contributed by atoms with van der Waals surface area (Å²) in [7, 11) is 0. The van der Waals surface area contributed by atoms with E-state index in [0.717, 1.165) is 12.2 Å². The molecule has 0 bridgehead atoms. The number of nitriles is 1. The first-order valence-electron chi connectivity index (χ1n) is 5.46. The molecule has 0 spiro atoms. The van der Waals surface area contributed by atoms with Crippen molar-refractivity contribution in [3.8, 4) is 6.07 Å². The van der Waals surface area contributed by atoms with Gasteiger partial charge in [0.2, 0.25) is 0 Å². The first kappa shape index (κ1) is 13.8. The number of hydrogen-bond donors (Lipinski definition) is 3. The molecule has 17 heavy (non-hydrogen) atoms. The molecule has 0 aliphatic carbocycles. The highest BCUT2D eigenvalue weighted by atomic mass is 35.5. The van der Waals surface area contributed by atoms with E-state index < -0.39 is 0 Å². The maximum absolute atomic E-state index is 9.04. The summed E-state index contributed by atoms with van der Waals surface area (Å²) in [6.45, 7) is 3.70. The van der Waals surface area contributed by atoms with Gasteiger partial charge in [-0.2, -0.15) is 5.26 Å². The van der Waals surface area contributed by atoms with Crippen LogP contribution in [0, 0.1) is 11.3 Å². The van der Waals surface area contributed by atoms with E-state index >= 15 is 0 Å². The molecule has 0 radical (unpaired) electrons. The lowest BCUT2D eigenvalue weighted by Gasteiger charge is -2.10. The van der Waals surface area contributed by atoms with E-state index in [1.54, 1.807) is 25.1 Å².